The lowest BCUT2D eigenvalue weighted by molar-refractivity contribution is 0.360. The summed E-state index contributed by atoms with van der Waals surface area (Å²) in [5, 5.41) is 0. The first kappa shape index (κ1) is 36.5. The zero-order valence-electron chi connectivity index (χ0n) is 34.2. The Hall–Kier alpha value is -8.34. The molecule has 0 N–H and O–H groups in total. The average Bonchev–Trinajstić information content (AvgIpc) is 3.68. The van der Waals surface area contributed by atoms with Gasteiger partial charge in [0.2, 0.25) is 0 Å². The van der Waals surface area contributed by atoms with Gasteiger partial charge in [0.15, 0.2) is 28.8 Å². The van der Waals surface area contributed by atoms with E-state index in [1.807, 2.05) is 30.3 Å². The molecule has 0 unspecified atom stereocenters. The van der Waals surface area contributed by atoms with E-state index >= 15 is 0 Å². The van der Waals surface area contributed by atoms with Crippen molar-refractivity contribution in [3.05, 3.63) is 253 Å². The highest BCUT2D eigenvalue weighted by atomic mass is 16.6. The molecular weight excluding hydrogens is 769 g/mol. The van der Waals surface area contributed by atoms with Crippen molar-refractivity contribution < 1.29 is 9.47 Å². The van der Waals surface area contributed by atoms with Gasteiger partial charge in [-0.15, -0.1) is 0 Å². The molecule has 1 aliphatic carbocycles. The number of aromatic nitrogens is 2. The zero-order chi connectivity index (χ0) is 41.7. The van der Waals surface area contributed by atoms with Crippen LogP contribution in [-0.2, 0) is 5.41 Å². The molecule has 2 aliphatic rings. The summed E-state index contributed by atoms with van der Waals surface area (Å²) in [4.78, 5) is 10.3. The molecule has 0 bridgehead atoms. The molecule has 0 atom stereocenters. The molecule has 63 heavy (non-hydrogen) atoms. The maximum Gasteiger partial charge on any atom is 0.178 e. The van der Waals surface area contributed by atoms with E-state index in [1.54, 1.807) is 0 Å². The van der Waals surface area contributed by atoms with E-state index in [0.717, 1.165) is 61.6 Å². The monoisotopic (exact) mass is 806 g/mol. The van der Waals surface area contributed by atoms with Gasteiger partial charge in [-0.3, -0.25) is 0 Å². The smallest absolute Gasteiger partial charge is 0.178 e. The van der Waals surface area contributed by atoms with Gasteiger partial charge in [0.1, 0.15) is 0 Å². The van der Waals surface area contributed by atoms with Crippen LogP contribution in [0, 0.1) is 0 Å². The highest BCUT2D eigenvalue weighted by molar-refractivity contribution is 5.92. The number of benzene rings is 9. The van der Waals surface area contributed by atoms with Crippen LogP contribution < -0.4 is 9.47 Å². The Morgan fingerprint density at radius 2 is 0.825 bits per heavy atom. The number of fused-ring (bicyclic) bond motifs is 6. The summed E-state index contributed by atoms with van der Waals surface area (Å²) in [6.45, 7) is 0. The fourth-order valence-corrected chi connectivity index (χ4v) is 9.53. The van der Waals surface area contributed by atoms with E-state index in [-0.39, 0.29) is 0 Å². The minimum absolute atomic E-state index is 0.528. The summed E-state index contributed by atoms with van der Waals surface area (Å²) < 4.78 is 13.7. The molecule has 10 aromatic rings. The minimum atomic E-state index is -0.528. The van der Waals surface area contributed by atoms with Crippen LogP contribution in [-0.4, -0.2) is 9.97 Å². The molecule has 296 valence electrons. The van der Waals surface area contributed by atoms with Gasteiger partial charge >= 0.3 is 0 Å². The van der Waals surface area contributed by atoms with Crippen LogP contribution >= 0.6 is 0 Å². The molecule has 0 amide bonds. The van der Waals surface area contributed by atoms with Crippen molar-refractivity contribution >= 4 is 0 Å². The maximum absolute atomic E-state index is 6.92. The fourth-order valence-electron chi connectivity index (χ4n) is 9.53. The number of rotatable bonds is 7. The van der Waals surface area contributed by atoms with E-state index < -0.39 is 5.41 Å². The third-order valence-electron chi connectivity index (χ3n) is 12.5. The maximum atomic E-state index is 6.92. The fraction of sp³-hybridized carbons (Fsp3) is 0.0169. The van der Waals surface area contributed by atoms with Crippen molar-refractivity contribution in [3.8, 4) is 90.3 Å². The van der Waals surface area contributed by atoms with Crippen LogP contribution in [0.25, 0.3) is 67.3 Å². The lowest BCUT2D eigenvalue weighted by Crippen LogP contribution is -2.28. The molecule has 0 saturated carbocycles. The first-order valence-electron chi connectivity index (χ1n) is 21.3. The predicted octanol–water partition coefficient (Wildman–Crippen LogP) is 15.1. The van der Waals surface area contributed by atoms with Gasteiger partial charge < -0.3 is 9.47 Å². The van der Waals surface area contributed by atoms with Crippen LogP contribution in [0.3, 0.4) is 0 Å². The van der Waals surface area contributed by atoms with Crippen molar-refractivity contribution in [2.45, 2.75) is 5.41 Å². The van der Waals surface area contributed by atoms with E-state index in [4.69, 9.17) is 19.4 Å². The van der Waals surface area contributed by atoms with Gasteiger partial charge in [0.05, 0.1) is 16.8 Å². The number of hydrogen-bond donors (Lipinski definition) is 0. The van der Waals surface area contributed by atoms with E-state index in [1.165, 1.54) is 27.8 Å². The van der Waals surface area contributed by atoms with Gasteiger partial charge in [-0.05, 0) is 80.4 Å². The molecule has 0 saturated heterocycles. The molecule has 1 aromatic heterocycles. The van der Waals surface area contributed by atoms with Gasteiger partial charge in [0.25, 0.3) is 0 Å². The van der Waals surface area contributed by atoms with Gasteiger partial charge in [-0.1, -0.05) is 200 Å². The SMILES string of the molecule is c1ccc(-c2ccc(-c3cc(-c4ccccc4)nc(-c4cccc(-c5ccc6c(c5)Oc5ccc7c(c5O6)-c5ccccc5C7(c5ccccc5)c5ccccc5)c4)n3)cc2)cc1. The van der Waals surface area contributed by atoms with E-state index in [2.05, 4.69) is 200 Å². The third kappa shape index (κ3) is 6.14. The van der Waals surface area contributed by atoms with Crippen LogP contribution in [0.1, 0.15) is 22.3 Å². The van der Waals surface area contributed by atoms with Gasteiger partial charge in [-0.25, -0.2) is 9.97 Å². The molecule has 0 fully saturated rings. The predicted molar refractivity (Wildman–Crippen MR) is 253 cm³/mol. The summed E-state index contributed by atoms with van der Waals surface area (Å²) in [5.41, 5.74) is 15.5. The van der Waals surface area contributed by atoms with Gasteiger partial charge in [0, 0.05) is 22.3 Å². The van der Waals surface area contributed by atoms with Crippen LogP contribution in [0.2, 0.25) is 0 Å². The minimum Gasteiger partial charge on any atom is -0.449 e. The molecule has 1 aliphatic heterocycles. The third-order valence-corrected chi connectivity index (χ3v) is 12.5. The number of ether oxygens (including phenoxy) is 2. The Balaban J connectivity index is 0.910. The van der Waals surface area contributed by atoms with Crippen molar-refractivity contribution in [2.24, 2.45) is 0 Å². The molecule has 4 heteroatoms. The number of hydrogen-bond acceptors (Lipinski definition) is 4. The van der Waals surface area contributed by atoms with Crippen LogP contribution in [0.4, 0.5) is 0 Å². The summed E-state index contributed by atoms with van der Waals surface area (Å²) in [6, 6.07) is 80.6. The number of nitrogens with zero attached hydrogens (tertiary/aromatic N) is 2. The standard InChI is InChI=1S/C59H38N2O2/c1-5-16-39(17-6-1)40-28-30-42(31-29-40)52-38-51(41-18-7-2-8-19-41)60-58(61-52)45-21-15-20-43(36-45)44-32-34-53-55(37-44)62-54-35-33-50-56(57(54)63-53)48-26-13-14-27-49(48)59(50,46-22-9-3-10-23-46)47-24-11-4-12-25-47/h1-38H. The first-order valence-corrected chi connectivity index (χ1v) is 21.3. The molecule has 4 nitrogen and oxygen atoms in total. The topological polar surface area (TPSA) is 44.2 Å². The van der Waals surface area contributed by atoms with E-state index in [9.17, 15) is 0 Å². The molecular formula is C59H38N2O2. The second kappa shape index (κ2) is 15.0. The Labute approximate surface area is 366 Å². The van der Waals surface area contributed by atoms with Crippen molar-refractivity contribution in [1.82, 2.24) is 9.97 Å². The Morgan fingerprint density at radius 3 is 1.52 bits per heavy atom. The normalized spacial score (nSPS) is 12.8. The second-order valence-corrected chi connectivity index (χ2v) is 16.1. The van der Waals surface area contributed by atoms with Crippen molar-refractivity contribution in [3.63, 3.8) is 0 Å². The summed E-state index contributed by atoms with van der Waals surface area (Å²) in [7, 11) is 0. The Bertz CT molecular complexity index is 3270. The molecule has 0 radical (unpaired) electrons. The molecule has 9 aromatic carbocycles. The Kier molecular flexibility index (Phi) is 8.68. The molecule has 2 heterocycles. The first-order chi connectivity index (χ1) is 31.2. The summed E-state index contributed by atoms with van der Waals surface area (Å²) in [5.74, 6) is 3.42. The summed E-state index contributed by atoms with van der Waals surface area (Å²) >= 11 is 0. The Morgan fingerprint density at radius 1 is 0.317 bits per heavy atom. The largest absolute Gasteiger partial charge is 0.449 e. The lowest BCUT2D eigenvalue weighted by atomic mass is 9.68. The molecule has 12 rings (SSSR count). The quantitative estimate of drug-likeness (QED) is 0.161. The average molecular weight is 807 g/mol. The summed E-state index contributed by atoms with van der Waals surface area (Å²) in [6.07, 6.45) is 0. The van der Waals surface area contributed by atoms with Crippen LogP contribution in [0.5, 0.6) is 23.0 Å². The van der Waals surface area contributed by atoms with E-state index in [0.29, 0.717) is 23.1 Å². The highest BCUT2D eigenvalue weighted by Crippen LogP contribution is 2.62. The highest BCUT2D eigenvalue weighted by Gasteiger charge is 2.48. The van der Waals surface area contributed by atoms with Crippen LogP contribution in [0.15, 0.2) is 231 Å². The molecule has 0 spiro atoms. The van der Waals surface area contributed by atoms with Crippen molar-refractivity contribution in [2.75, 3.05) is 0 Å². The lowest BCUT2D eigenvalue weighted by Gasteiger charge is -2.34. The zero-order valence-corrected chi connectivity index (χ0v) is 34.2. The van der Waals surface area contributed by atoms with Crippen molar-refractivity contribution in [1.29, 1.82) is 0 Å². The second-order valence-electron chi connectivity index (χ2n) is 16.1. The van der Waals surface area contributed by atoms with Gasteiger partial charge in [-0.2, -0.15) is 0 Å².